The van der Waals surface area contributed by atoms with Gasteiger partial charge >= 0.3 is 6.03 Å². The molecular formula is C6H9N3O2S. The summed E-state index contributed by atoms with van der Waals surface area (Å²) < 4.78 is 0. The van der Waals surface area contributed by atoms with Gasteiger partial charge in [-0.05, 0) is 0 Å². The summed E-state index contributed by atoms with van der Waals surface area (Å²) in [6.07, 6.45) is 1.38. The fourth-order valence-corrected chi connectivity index (χ4v) is 0.967. The number of carbonyl (C=O) groups is 2. The maximum atomic E-state index is 11.2. The Labute approximate surface area is 75.0 Å². The van der Waals surface area contributed by atoms with Crippen molar-refractivity contribution in [3.8, 4) is 0 Å². The molecule has 5 nitrogen and oxygen atoms in total. The lowest BCUT2D eigenvalue weighted by molar-refractivity contribution is -0.128. The third kappa shape index (κ3) is 1.64. The fourth-order valence-electron chi connectivity index (χ4n) is 0.811. The molecule has 0 aromatic heterocycles. The predicted octanol–water partition coefficient (Wildman–Crippen LogP) is -0.724. The number of urea groups is 1. The molecule has 0 radical (unpaired) electrons. The van der Waals surface area contributed by atoms with Crippen LogP contribution in [0.2, 0.25) is 0 Å². The molecule has 6 heteroatoms. The number of nitrogens with two attached hydrogens (primary N) is 1. The number of carbonyl (C=O) groups excluding carboxylic acids is 2. The molecular weight excluding hydrogens is 178 g/mol. The predicted molar refractivity (Wildman–Crippen MR) is 47.4 cm³/mol. The lowest BCUT2D eigenvalue weighted by atomic mass is 10.3. The quantitative estimate of drug-likeness (QED) is 0.560. The molecule has 0 spiro atoms. The van der Waals surface area contributed by atoms with Crippen LogP contribution in [0.4, 0.5) is 4.79 Å². The van der Waals surface area contributed by atoms with Crippen LogP contribution in [0.5, 0.6) is 0 Å². The largest absolute Gasteiger partial charge is 0.350 e. The molecule has 66 valence electrons. The summed E-state index contributed by atoms with van der Waals surface area (Å²) in [6, 6.07) is -1.27. The van der Waals surface area contributed by atoms with Crippen molar-refractivity contribution in [1.82, 2.24) is 4.90 Å². The number of imide groups is 1. The van der Waals surface area contributed by atoms with Gasteiger partial charge in [-0.2, -0.15) is 12.6 Å². The first-order valence-corrected chi connectivity index (χ1v) is 4.04. The van der Waals surface area contributed by atoms with E-state index in [9.17, 15) is 9.59 Å². The number of nitrogens with zero attached hydrogens (tertiary/aromatic N) is 2. The highest BCUT2D eigenvalue weighted by Crippen LogP contribution is 2.02. The van der Waals surface area contributed by atoms with Crippen molar-refractivity contribution in [2.75, 3.05) is 12.3 Å². The Kier molecular flexibility index (Phi) is 2.83. The zero-order chi connectivity index (χ0) is 9.14. The van der Waals surface area contributed by atoms with E-state index in [0.717, 1.165) is 4.90 Å². The van der Waals surface area contributed by atoms with E-state index < -0.39 is 18.0 Å². The molecule has 2 N–H and O–H groups in total. The summed E-state index contributed by atoms with van der Waals surface area (Å²) in [5.41, 5.74) is 5.38. The van der Waals surface area contributed by atoms with E-state index >= 15 is 0 Å². The first-order chi connectivity index (χ1) is 5.66. The summed E-state index contributed by atoms with van der Waals surface area (Å²) >= 11 is 3.85. The first kappa shape index (κ1) is 9.21. The molecule has 0 aromatic carbocycles. The average molecular weight is 187 g/mol. The van der Waals surface area contributed by atoms with Gasteiger partial charge in [-0.25, -0.2) is 9.79 Å². The van der Waals surface area contributed by atoms with E-state index in [4.69, 9.17) is 5.73 Å². The van der Waals surface area contributed by atoms with Gasteiger partial charge in [0.2, 0.25) is 5.91 Å². The SMILES string of the molecule is N[C@@H](CS)C(=O)N1CC=NC1=O. The molecule has 3 amide bonds. The molecule has 0 aromatic rings. The molecule has 1 aliphatic heterocycles. The van der Waals surface area contributed by atoms with Gasteiger partial charge in [0.15, 0.2) is 0 Å². The highest BCUT2D eigenvalue weighted by Gasteiger charge is 2.27. The minimum Gasteiger partial charge on any atom is -0.319 e. The minimum atomic E-state index is -0.723. The minimum absolute atomic E-state index is 0.221. The van der Waals surface area contributed by atoms with Crippen molar-refractivity contribution < 1.29 is 9.59 Å². The van der Waals surface area contributed by atoms with Crippen LogP contribution in [0.1, 0.15) is 0 Å². The third-order valence-corrected chi connectivity index (χ3v) is 1.87. The van der Waals surface area contributed by atoms with Gasteiger partial charge in [0.1, 0.15) is 0 Å². The van der Waals surface area contributed by atoms with Crippen molar-refractivity contribution >= 4 is 30.8 Å². The normalized spacial score (nSPS) is 18.5. The molecule has 0 bridgehead atoms. The standard InChI is InChI=1S/C6H9N3O2S/c7-4(3-12)5(10)9-2-1-8-6(9)11/h1,4,12H,2-3,7H2/t4-/m0/s1. The topological polar surface area (TPSA) is 75.8 Å². The van der Waals surface area contributed by atoms with Gasteiger partial charge in [-0.1, -0.05) is 0 Å². The van der Waals surface area contributed by atoms with E-state index in [2.05, 4.69) is 17.6 Å². The van der Waals surface area contributed by atoms with Crippen molar-refractivity contribution in [2.45, 2.75) is 6.04 Å². The summed E-state index contributed by atoms with van der Waals surface area (Å²) in [5.74, 6) is -0.199. The molecule has 1 atom stereocenters. The van der Waals surface area contributed by atoms with Gasteiger partial charge < -0.3 is 5.73 Å². The van der Waals surface area contributed by atoms with E-state index in [1.807, 2.05) is 0 Å². The Hall–Kier alpha value is -0.880. The number of aliphatic imine (C=N–C) groups is 1. The molecule has 1 aliphatic rings. The Balaban J connectivity index is 2.60. The number of thiol groups is 1. The number of hydrogen-bond acceptors (Lipinski definition) is 4. The highest BCUT2D eigenvalue weighted by atomic mass is 32.1. The molecule has 0 aliphatic carbocycles. The first-order valence-electron chi connectivity index (χ1n) is 3.41. The number of hydrogen-bond donors (Lipinski definition) is 2. The molecule has 0 unspecified atom stereocenters. The van der Waals surface area contributed by atoms with E-state index in [1.165, 1.54) is 6.21 Å². The zero-order valence-electron chi connectivity index (χ0n) is 6.30. The molecule has 1 rings (SSSR count). The Morgan fingerprint density at radius 3 is 3.00 bits per heavy atom. The van der Waals surface area contributed by atoms with Crippen LogP contribution in [-0.4, -0.2) is 41.4 Å². The van der Waals surface area contributed by atoms with E-state index in [-0.39, 0.29) is 12.3 Å². The van der Waals surface area contributed by atoms with Gasteiger partial charge in [-0.3, -0.25) is 9.69 Å². The lowest BCUT2D eigenvalue weighted by Crippen LogP contribution is -2.45. The van der Waals surface area contributed by atoms with Crippen molar-refractivity contribution in [2.24, 2.45) is 10.7 Å². The summed E-state index contributed by atoms with van der Waals surface area (Å²) in [7, 11) is 0. The van der Waals surface area contributed by atoms with Crippen LogP contribution in [0, 0.1) is 0 Å². The number of rotatable bonds is 2. The van der Waals surface area contributed by atoms with Gasteiger partial charge in [0.05, 0.1) is 12.6 Å². The average Bonchev–Trinajstić information content (AvgIpc) is 2.48. The summed E-state index contributed by atoms with van der Waals surface area (Å²) in [5, 5.41) is 0. The smallest absolute Gasteiger partial charge is 0.319 e. The van der Waals surface area contributed by atoms with Crippen LogP contribution < -0.4 is 5.73 Å². The fraction of sp³-hybridized carbons (Fsp3) is 0.500. The summed E-state index contributed by atoms with van der Waals surface area (Å²) in [4.78, 5) is 26.5. The van der Waals surface area contributed by atoms with Gasteiger partial charge in [0.25, 0.3) is 0 Å². The highest BCUT2D eigenvalue weighted by molar-refractivity contribution is 7.80. The van der Waals surface area contributed by atoms with E-state index in [0.29, 0.717) is 0 Å². The van der Waals surface area contributed by atoms with Crippen LogP contribution >= 0.6 is 12.6 Å². The second kappa shape index (κ2) is 3.68. The second-order valence-corrected chi connectivity index (χ2v) is 2.70. The third-order valence-electron chi connectivity index (χ3n) is 1.48. The monoisotopic (exact) mass is 187 g/mol. The molecule has 1 heterocycles. The molecule has 0 saturated carbocycles. The molecule has 12 heavy (non-hydrogen) atoms. The van der Waals surface area contributed by atoms with Crippen molar-refractivity contribution in [1.29, 1.82) is 0 Å². The second-order valence-electron chi connectivity index (χ2n) is 2.33. The van der Waals surface area contributed by atoms with Crippen LogP contribution in [0.15, 0.2) is 4.99 Å². The van der Waals surface area contributed by atoms with Crippen LogP contribution in [0.3, 0.4) is 0 Å². The molecule has 0 saturated heterocycles. The zero-order valence-corrected chi connectivity index (χ0v) is 7.20. The van der Waals surface area contributed by atoms with Crippen molar-refractivity contribution in [3.05, 3.63) is 0 Å². The lowest BCUT2D eigenvalue weighted by Gasteiger charge is -2.15. The van der Waals surface area contributed by atoms with Crippen molar-refractivity contribution in [3.63, 3.8) is 0 Å². The van der Waals surface area contributed by atoms with Crippen LogP contribution in [0.25, 0.3) is 0 Å². The molecule has 0 fully saturated rings. The van der Waals surface area contributed by atoms with Gasteiger partial charge in [0, 0.05) is 12.0 Å². The Bertz CT molecular complexity index is 241. The maximum Gasteiger partial charge on any atom is 0.350 e. The Morgan fingerprint density at radius 2 is 2.58 bits per heavy atom. The van der Waals surface area contributed by atoms with E-state index in [1.54, 1.807) is 0 Å². The Morgan fingerprint density at radius 1 is 1.92 bits per heavy atom. The summed E-state index contributed by atoms with van der Waals surface area (Å²) in [6.45, 7) is 0.221. The number of amides is 3. The van der Waals surface area contributed by atoms with Gasteiger partial charge in [-0.15, -0.1) is 0 Å². The maximum absolute atomic E-state index is 11.2. The van der Waals surface area contributed by atoms with Crippen LogP contribution in [-0.2, 0) is 4.79 Å².